The SMILES string of the molecule is N#Cc1cc(NC2Cc3ccccc3C2)ccc1N. The molecule has 3 N–H and O–H groups in total. The summed E-state index contributed by atoms with van der Waals surface area (Å²) in [5.74, 6) is 0. The molecule has 94 valence electrons. The van der Waals surface area contributed by atoms with Gasteiger partial charge in [-0.2, -0.15) is 5.26 Å². The fraction of sp³-hybridized carbons (Fsp3) is 0.188. The third-order valence-corrected chi connectivity index (χ3v) is 3.60. The van der Waals surface area contributed by atoms with Gasteiger partial charge in [0.1, 0.15) is 6.07 Å². The Morgan fingerprint density at radius 1 is 1.11 bits per heavy atom. The summed E-state index contributed by atoms with van der Waals surface area (Å²) >= 11 is 0. The molecule has 0 aromatic heterocycles. The van der Waals surface area contributed by atoms with Crippen molar-refractivity contribution in [3.8, 4) is 6.07 Å². The van der Waals surface area contributed by atoms with Crippen LogP contribution >= 0.6 is 0 Å². The van der Waals surface area contributed by atoms with E-state index in [-0.39, 0.29) is 0 Å². The first kappa shape index (κ1) is 11.6. The number of anilines is 2. The van der Waals surface area contributed by atoms with Gasteiger partial charge < -0.3 is 11.1 Å². The van der Waals surface area contributed by atoms with Gasteiger partial charge in [0.2, 0.25) is 0 Å². The van der Waals surface area contributed by atoms with E-state index in [0.29, 0.717) is 17.3 Å². The summed E-state index contributed by atoms with van der Waals surface area (Å²) in [5, 5.41) is 12.5. The molecule has 0 atom stereocenters. The highest BCUT2D eigenvalue weighted by Gasteiger charge is 2.20. The minimum absolute atomic E-state index is 0.396. The lowest BCUT2D eigenvalue weighted by molar-refractivity contribution is 0.774. The molecule has 0 radical (unpaired) electrons. The summed E-state index contributed by atoms with van der Waals surface area (Å²) in [7, 11) is 0. The summed E-state index contributed by atoms with van der Waals surface area (Å²) in [4.78, 5) is 0. The van der Waals surface area contributed by atoms with Crippen LogP contribution < -0.4 is 11.1 Å². The van der Waals surface area contributed by atoms with E-state index in [1.165, 1.54) is 11.1 Å². The van der Waals surface area contributed by atoms with Crippen LogP contribution in [0.4, 0.5) is 11.4 Å². The van der Waals surface area contributed by atoms with E-state index >= 15 is 0 Å². The molecule has 1 aliphatic carbocycles. The monoisotopic (exact) mass is 249 g/mol. The lowest BCUT2D eigenvalue weighted by atomic mass is 10.1. The van der Waals surface area contributed by atoms with Crippen LogP contribution in [0.25, 0.3) is 0 Å². The second-order valence-electron chi connectivity index (χ2n) is 4.93. The normalized spacial score (nSPS) is 13.8. The molecule has 0 amide bonds. The van der Waals surface area contributed by atoms with Crippen LogP contribution in [-0.4, -0.2) is 6.04 Å². The molecular formula is C16H15N3. The lowest BCUT2D eigenvalue weighted by Crippen LogP contribution is -2.19. The minimum atomic E-state index is 0.396. The van der Waals surface area contributed by atoms with Crippen LogP contribution in [0.5, 0.6) is 0 Å². The van der Waals surface area contributed by atoms with Gasteiger partial charge in [0.05, 0.1) is 5.56 Å². The maximum atomic E-state index is 8.99. The van der Waals surface area contributed by atoms with Crippen molar-refractivity contribution in [1.29, 1.82) is 5.26 Å². The Morgan fingerprint density at radius 3 is 2.42 bits per heavy atom. The van der Waals surface area contributed by atoms with E-state index in [4.69, 9.17) is 11.0 Å². The zero-order valence-corrected chi connectivity index (χ0v) is 10.6. The van der Waals surface area contributed by atoms with E-state index < -0.39 is 0 Å². The zero-order valence-electron chi connectivity index (χ0n) is 10.6. The van der Waals surface area contributed by atoms with Crippen LogP contribution in [0.3, 0.4) is 0 Å². The number of hydrogen-bond donors (Lipinski definition) is 2. The van der Waals surface area contributed by atoms with Gasteiger partial charge in [0.15, 0.2) is 0 Å². The number of fused-ring (bicyclic) bond motifs is 1. The van der Waals surface area contributed by atoms with E-state index in [1.807, 2.05) is 12.1 Å². The molecule has 3 nitrogen and oxygen atoms in total. The second-order valence-corrected chi connectivity index (χ2v) is 4.93. The number of nitrogens with zero attached hydrogens (tertiary/aromatic N) is 1. The van der Waals surface area contributed by atoms with Crippen molar-refractivity contribution in [2.75, 3.05) is 11.1 Å². The number of nitrogens with two attached hydrogens (primary N) is 1. The number of rotatable bonds is 2. The third-order valence-electron chi connectivity index (χ3n) is 3.60. The smallest absolute Gasteiger partial charge is 0.101 e. The van der Waals surface area contributed by atoms with Crippen LogP contribution in [0.1, 0.15) is 16.7 Å². The average molecular weight is 249 g/mol. The topological polar surface area (TPSA) is 61.8 Å². The predicted molar refractivity (Wildman–Crippen MR) is 76.8 cm³/mol. The summed E-state index contributed by atoms with van der Waals surface area (Å²) in [5.41, 5.74) is 10.6. The van der Waals surface area contributed by atoms with Crippen molar-refractivity contribution in [2.24, 2.45) is 0 Å². The Bertz CT molecular complexity index is 630. The zero-order chi connectivity index (χ0) is 13.2. The summed E-state index contributed by atoms with van der Waals surface area (Å²) in [6.07, 6.45) is 2.06. The molecule has 0 saturated carbocycles. The Balaban J connectivity index is 1.76. The predicted octanol–water partition coefficient (Wildman–Crippen LogP) is 2.72. The Morgan fingerprint density at radius 2 is 1.79 bits per heavy atom. The summed E-state index contributed by atoms with van der Waals surface area (Å²) in [6, 6.07) is 16.6. The molecule has 0 aliphatic heterocycles. The molecule has 3 heteroatoms. The number of nitriles is 1. The van der Waals surface area contributed by atoms with Crippen molar-refractivity contribution in [1.82, 2.24) is 0 Å². The van der Waals surface area contributed by atoms with Gasteiger partial charge >= 0.3 is 0 Å². The number of benzene rings is 2. The Kier molecular flexibility index (Phi) is 2.85. The fourth-order valence-corrected chi connectivity index (χ4v) is 2.64. The van der Waals surface area contributed by atoms with Gasteiger partial charge in [-0.1, -0.05) is 24.3 Å². The molecule has 2 aromatic carbocycles. The van der Waals surface area contributed by atoms with Gasteiger partial charge in [-0.05, 0) is 42.2 Å². The van der Waals surface area contributed by atoms with Crippen molar-refractivity contribution in [3.05, 3.63) is 59.2 Å². The van der Waals surface area contributed by atoms with E-state index in [0.717, 1.165) is 18.5 Å². The van der Waals surface area contributed by atoms with Gasteiger partial charge in [0.25, 0.3) is 0 Å². The maximum Gasteiger partial charge on any atom is 0.101 e. The summed E-state index contributed by atoms with van der Waals surface area (Å²) < 4.78 is 0. The highest BCUT2D eigenvalue weighted by molar-refractivity contribution is 5.62. The molecule has 0 fully saturated rings. The molecule has 2 aromatic rings. The molecule has 0 spiro atoms. The first-order chi connectivity index (χ1) is 9.26. The number of hydrogen-bond acceptors (Lipinski definition) is 3. The van der Waals surface area contributed by atoms with E-state index in [1.54, 1.807) is 6.07 Å². The Hall–Kier alpha value is -2.47. The minimum Gasteiger partial charge on any atom is -0.398 e. The molecule has 0 saturated heterocycles. The summed E-state index contributed by atoms with van der Waals surface area (Å²) in [6.45, 7) is 0. The van der Waals surface area contributed by atoms with Crippen molar-refractivity contribution in [2.45, 2.75) is 18.9 Å². The van der Waals surface area contributed by atoms with Gasteiger partial charge in [-0.25, -0.2) is 0 Å². The van der Waals surface area contributed by atoms with Gasteiger partial charge in [-0.15, -0.1) is 0 Å². The standard InChI is InChI=1S/C16H15N3/c17-10-13-9-14(5-6-16(13)18)19-15-7-11-3-1-2-4-12(11)8-15/h1-6,9,15,19H,7-8,18H2. The molecular weight excluding hydrogens is 234 g/mol. The number of nitrogen functional groups attached to an aromatic ring is 1. The molecule has 0 unspecified atom stereocenters. The van der Waals surface area contributed by atoms with Gasteiger partial charge in [-0.3, -0.25) is 0 Å². The van der Waals surface area contributed by atoms with Crippen LogP contribution in [0.2, 0.25) is 0 Å². The largest absolute Gasteiger partial charge is 0.398 e. The lowest BCUT2D eigenvalue weighted by Gasteiger charge is -2.14. The maximum absolute atomic E-state index is 8.99. The van der Waals surface area contributed by atoms with Crippen LogP contribution in [0, 0.1) is 11.3 Å². The van der Waals surface area contributed by atoms with Crippen LogP contribution in [0.15, 0.2) is 42.5 Å². The average Bonchev–Trinajstić information content (AvgIpc) is 2.83. The second kappa shape index (κ2) is 4.66. The first-order valence-electron chi connectivity index (χ1n) is 6.39. The third kappa shape index (κ3) is 2.25. The molecule has 0 bridgehead atoms. The quantitative estimate of drug-likeness (QED) is 0.804. The fourth-order valence-electron chi connectivity index (χ4n) is 2.64. The van der Waals surface area contributed by atoms with E-state index in [2.05, 4.69) is 35.7 Å². The first-order valence-corrected chi connectivity index (χ1v) is 6.39. The highest BCUT2D eigenvalue weighted by atomic mass is 14.9. The number of nitrogens with one attached hydrogen (secondary N) is 1. The van der Waals surface area contributed by atoms with Gasteiger partial charge in [0, 0.05) is 17.4 Å². The van der Waals surface area contributed by atoms with Crippen LogP contribution in [-0.2, 0) is 12.8 Å². The molecule has 19 heavy (non-hydrogen) atoms. The van der Waals surface area contributed by atoms with Crippen molar-refractivity contribution in [3.63, 3.8) is 0 Å². The highest BCUT2D eigenvalue weighted by Crippen LogP contribution is 2.25. The molecule has 1 aliphatic rings. The molecule has 3 rings (SSSR count). The Labute approximate surface area is 112 Å². The molecule has 0 heterocycles. The van der Waals surface area contributed by atoms with E-state index in [9.17, 15) is 0 Å². The van der Waals surface area contributed by atoms with Crippen molar-refractivity contribution >= 4 is 11.4 Å². The van der Waals surface area contributed by atoms with Crippen molar-refractivity contribution < 1.29 is 0 Å².